The van der Waals surface area contributed by atoms with E-state index in [-0.39, 0.29) is 17.4 Å². The SMILES string of the molecule is CCOc1cc(/C=C2\C(=O)NC(=O)N(c3cc4c5c(c3)[C@H](c3ccccc3)CCN5CC[C@@H]4c3ccccc3)C2=O)cc(Br)c1OCC. The molecule has 3 aliphatic rings. The van der Waals surface area contributed by atoms with E-state index in [1.807, 2.05) is 62.4 Å². The largest absolute Gasteiger partial charge is 0.490 e. The first kappa shape index (κ1) is 31.7. The van der Waals surface area contributed by atoms with E-state index in [1.54, 1.807) is 12.1 Å². The van der Waals surface area contributed by atoms with Crippen molar-refractivity contribution >= 4 is 51.2 Å². The lowest BCUT2D eigenvalue weighted by Crippen LogP contribution is -2.54. The van der Waals surface area contributed by atoms with Crippen molar-refractivity contribution < 1.29 is 23.9 Å². The van der Waals surface area contributed by atoms with Crippen molar-refractivity contribution in [3.63, 3.8) is 0 Å². The Morgan fingerprint density at radius 2 is 1.40 bits per heavy atom. The molecule has 7 rings (SSSR count). The topological polar surface area (TPSA) is 88.2 Å². The number of carbonyl (C=O) groups excluding carboxylic acids is 3. The van der Waals surface area contributed by atoms with E-state index >= 15 is 0 Å². The number of urea groups is 1. The predicted molar refractivity (Wildman–Crippen MR) is 190 cm³/mol. The highest BCUT2D eigenvalue weighted by Crippen LogP contribution is 2.50. The highest BCUT2D eigenvalue weighted by molar-refractivity contribution is 9.10. The van der Waals surface area contributed by atoms with E-state index in [1.165, 1.54) is 22.9 Å². The van der Waals surface area contributed by atoms with Crippen LogP contribution in [-0.4, -0.2) is 44.1 Å². The Kier molecular flexibility index (Phi) is 8.79. The second-order valence-corrected chi connectivity index (χ2v) is 13.0. The predicted octanol–water partition coefficient (Wildman–Crippen LogP) is 7.79. The van der Waals surface area contributed by atoms with E-state index in [4.69, 9.17) is 9.47 Å². The molecule has 1 saturated heterocycles. The van der Waals surface area contributed by atoms with Gasteiger partial charge in [-0.1, -0.05) is 60.7 Å². The Labute approximate surface area is 288 Å². The quantitative estimate of drug-likeness (QED) is 0.149. The Morgan fingerprint density at radius 3 is 1.96 bits per heavy atom. The molecule has 4 aromatic rings. The van der Waals surface area contributed by atoms with Crippen molar-refractivity contribution in [1.82, 2.24) is 5.32 Å². The standard InChI is InChI=1S/C39H36BrN3O5/c1-3-47-34-21-24(20-33(40)36(34)48-4-2)19-32-37(44)41-39(46)43(38(32)45)27-22-30-28(25-11-7-5-8-12-25)15-17-42-18-16-29(31(23-27)35(30)42)26-13-9-6-10-14-26/h5-14,19-23,28-29H,3-4,15-18H2,1-2H3,(H,41,44,46)/b32-19+/t28-,29+. The molecule has 0 bridgehead atoms. The maximum absolute atomic E-state index is 14.3. The van der Waals surface area contributed by atoms with Crippen molar-refractivity contribution in [2.45, 2.75) is 38.5 Å². The van der Waals surface area contributed by atoms with Gasteiger partial charge < -0.3 is 14.4 Å². The van der Waals surface area contributed by atoms with E-state index in [0.717, 1.165) is 42.0 Å². The lowest BCUT2D eigenvalue weighted by atomic mass is 9.76. The van der Waals surface area contributed by atoms with Crippen LogP contribution in [0.25, 0.3) is 6.08 Å². The monoisotopic (exact) mass is 705 g/mol. The average molecular weight is 707 g/mol. The lowest BCUT2D eigenvalue weighted by Gasteiger charge is -2.44. The van der Waals surface area contributed by atoms with Crippen LogP contribution in [0.2, 0.25) is 0 Å². The number of hydrogen-bond donors (Lipinski definition) is 1. The number of carbonyl (C=O) groups is 3. The highest BCUT2D eigenvalue weighted by Gasteiger charge is 2.40. The molecule has 3 aliphatic heterocycles. The summed E-state index contributed by atoms with van der Waals surface area (Å²) < 4.78 is 12.2. The van der Waals surface area contributed by atoms with Gasteiger partial charge in [0.25, 0.3) is 11.8 Å². The van der Waals surface area contributed by atoms with Crippen LogP contribution < -0.4 is 24.6 Å². The number of benzene rings is 4. The number of imide groups is 2. The molecular weight excluding hydrogens is 670 g/mol. The number of ether oxygens (including phenoxy) is 2. The molecule has 8 nitrogen and oxygen atoms in total. The zero-order valence-electron chi connectivity index (χ0n) is 26.9. The van der Waals surface area contributed by atoms with E-state index < -0.39 is 17.8 Å². The van der Waals surface area contributed by atoms with Gasteiger partial charge in [0, 0.05) is 30.6 Å². The second kappa shape index (κ2) is 13.3. The minimum absolute atomic E-state index is 0.0865. The molecule has 0 aliphatic carbocycles. The van der Waals surface area contributed by atoms with E-state index in [0.29, 0.717) is 40.4 Å². The molecular formula is C39H36BrN3O5. The summed E-state index contributed by atoms with van der Waals surface area (Å²) in [6.07, 6.45) is 3.31. The number of hydrogen-bond acceptors (Lipinski definition) is 6. The first-order chi connectivity index (χ1) is 23.4. The van der Waals surface area contributed by atoms with E-state index in [2.05, 4.69) is 50.4 Å². The third-order valence-corrected chi connectivity index (χ3v) is 9.88. The molecule has 2 atom stereocenters. The van der Waals surface area contributed by atoms with Gasteiger partial charge in [-0.05, 0) is 101 Å². The minimum atomic E-state index is -0.770. The second-order valence-electron chi connectivity index (χ2n) is 12.1. The van der Waals surface area contributed by atoms with Crippen LogP contribution >= 0.6 is 15.9 Å². The van der Waals surface area contributed by atoms with Crippen molar-refractivity contribution in [3.8, 4) is 11.5 Å². The van der Waals surface area contributed by atoms with Crippen LogP contribution in [0.5, 0.6) is 11.5 Å². The molecule has 4 aromatic carbocycles. The molecule has 1 fully saturated rings. The molecule has 0 saturated carbocycles. The zero-order chi connectivity index (χ0) is 33.4. The fourth-order valence-corrected chi connectivity index (χ4v) is 7.82. The molecule has 48 heavy (non-hydrogen) atoms. The number of halogens is 1. The van der Waals surface area contributed by atoms with E-state index in [9.17, 15) is 14.4 Å². The van der Waals surface area contributed by atoms with Crippen LogP contribution in [0.1, 0.15) is 66.3 Å². The third kappa shape index (κ3) is 5.76. The molecule has 244 valence electrons. The summed E-state index contributed by atoms with van der Waals surface area (Å²) in [7, 11) is 0. The van der Waals surface area contributed by atoms with Gasteiger partial charge in [0.2, 0.25) is 0 Å². The van der Waals surface area contributed by atoms with Crippen LogP contribution in [0, 0.1) is 0 Å². The van der Waals surface area contributed by atoms with Crippen molar-refractivity contribution in [2.24, 2.45) is 0 Å². The Balaban J connectivity index is 1.36. The first-order valence-electron chi connectivity index (χ1n) is 16.4. The van der Waals surface area contributed by atoms with Crippen molar-refractivity contribution in [3.05, 3.63) is 123 Å². The maximum Gasteiger partial charge on any atom is 0.335 e. The molecule has 0 unspecified atom stereocenters. The van der Waals surface area contributed by atoms with Crippen molar-refractivity contribution in [2.75, 3.05) is 36.1 Å². The summed E-state index contributed by atoms with van der Waals surface area (Å²) in [5.74, 6) is -0.244. The smallest absolute Gasteiger partial charge is 0.335 e. The van der Waals surface area contributed by atoms with Crippen LogP contribution in [0.4, 0.5) is 16.2 Å². The summed E-state index contributed by atoms with van der Waals surface area (Å²) in [6.45, 7) is 6.43. The molecule has 9 heteroatoms. The zero-order valence-corrected chi connectivity index (χ0v) is 28.5. The summed E-state index contributed by atoms with van der Waals surface area (Å²) in [5.41, 5.74) is 6.56. The van der Waals surface area contributed by atoms with Crippen molar-refractivity contribution in [1.29, 1.82) is 0 Å². The number of nitrogens with one attached hydrogen (secondary N) is 1. The van der Waals surface area contributed by atoms with Gasteiger partial charge >= 0.3 is 6.03 Å². The van der Waals surface area contributed by atoms with Gasteiger partial charge in [-0.3, -0.25) is 14.9 Å². The number of anilines is 2. The summed E-state index contributed by atoms with van der Waals surface area (Å²) in [4.78, 5) is 44.6. The molecule has 1 N–H and O–H groups in total. The number of rotatable bonds is 8. The highest BCUT2D eigenvalue weighted by atomic mass is 79.9. The van der Waals surface area contributed by atoms with Gasteiger partial charge in [0.05, 0.1) is 23.4 Å². The number of amides is 4. The molecule has 0 spiro atoms. The molecule has 0 aromatic heterocycles. The summed E-state index contributed by atoms with van der Waals surface area (Å²) in [6, 6.07) is 27.4. The Bertz CT molecular complexity index is 1850. The van der Waals surface area contributed by atoms with Gasteiger partial charge in [-0.25, -0.2) is 9.69 Å². The minimum Gasteiger partial charge on any atom is -0.490 e. The van der Waals surface area contributed by atoms with Gasteiger partial charge in [0.15, 0.2) is 11.5 Å². The Morgan fingerprint density at radius 1 is 0.812 bits per heavy atom. The molecule has 4 amide bonds. The fraction of sp³-hybridized carbons (Fsp3) is 0.256. The van der Waals surface area contributed by atoms with Crippen LogP contribution in [0.3, 0.4) is 0 Å². The number of barbiturate groups is 1. The van der Waals surface area contributed by atoms with Gasteiger partial charge in [0.1, 0.15) is 5.57 Å². The molecule has 3 heterocycles. The van der Waals surface area contributed by atoms with Gasteiger partial charge in [-0.15, -0.1) is 0 Å². The summed E-state index contributed by atoms with van der Waals surface area (Å²) >= 11 is 3.54. The van der Waals surface area contributed by atoms with Crippen LogP contribution in [-0.2, 0) is 9.59 Å². The first-order valence-corrected chi connectivity index (χ1v) is 17.2. The Hall–Kier alpha value is -4.89. The van der Waals surface area contributed by atoms with Crippen LogP contribution in [0.15, 0.2) is 95.0 Å². The fourth-order valence-electron chi connectivity index (χ4n) is 7.25. The van der Waals surface area contributed by atoms with Gasteiger partial charge in [-0.2, -0.15) is 0 Å². The third-order valence-electron chi connectivity index (χ3n) is 9.29. The maximum atomic E-state index is 14.3. The average Bonchev–Trinajstić information content (AvgIpc) is 3.09. The number of nitrogens with zero attached hydrogens (tertiary/aromatic N) is 2. The summed E-state index contributed by atoms with van der Waals surface area (Å²) in [5, 5.41) is 2.42. The molecule has 0 radical (unpaired) electrons. The lowest BCUT2D eigenvalue weighted by molar-refractivity contribution is -0.122. The normalized spacial score (nSPS) is 19.6.